The fourth-order valence-corrected chi connectivity index (χ4v) is 1.74. The van der Waals surface area contributed by atoms with Gasteiger partial charge in [0.2, 0.25) is 0 Å². The largest absolute Gasteiger partial charge is 0.388 e. The number of allylic oxidation sites excluding steroid dienone is 2. The van der Waals surface area contributed by atoms with E-state index < -0.39 is 0 Å². The van der Waals surface area contributed by atoms with Crippen molar-refractivity contribution in [1.29, 1.82) is 0 Å². The van der Waals surface area contributed by atoms with Crippen molar-refractivity contribution in [2.45, 2.75) is 19.3 Å². The molecule has 1 aromatic carbocycles. The van der Waals surface area contributed by atoms with Crippen LogP contribution in [0.15, 0.2) is 42.1 Å². The van der Waals surface area contributed by atoms with E-state index in [4.69, 9.17) is 0 Å². The molecule has 1 aliphatic heterocycles. The number of carbonyl (C=O) groups is 1. The first-order valence-corrected chi connectivity index (χ1v) is 5.40. The van der Waals surface area contributed by atoms with Crippen molar-refractivity contribution in [3.63, 3.8) is 0 Å². The van der Waals surface area contributed by atoms with E-state index in [9.17, 15) is 4.79 Å². The average molecular weight is 201 g/mol. The van der Waals surface area contributed by atoms with Crippen molar-refractivity contribution in [2.24, 2.45) is 0 Å². The number of rotatable bonds is 2. The lowest BCUT2D eigenvalue weighted by molar-refractivity contribution is 0.104. The van der Waals surface area contributed by atoms with Crippen LogP contribution in [0.4, 0.5) is 0 Å². The Morgan fingerprint density at radius 2 is 2.00 bits per heavy atom. The van der Waals surface area contributed by atoms with Crippen molar-refractivity contribution in [3.8, 4) is 0 Å². The minimum atomic E-state index is 0.0972. The van der Waals surface area contributed by atoms with E-state index in [0.29, 0.717) is 0 Å². The van der Waals surface area contributed by atoms with Gasteiger partial charge in [0.05, 0.1) is 0 Å². The molecule has 1 aliphatic rings. The third-order valence-corrected chi connectivity index (χ3v) is 2.59. The highest BCUT2D eigenvalue weighted by Gasteiger charge is 2.07. The van der Waals surface area contributed by atoms with Gasteiger partial charge in [0.25, 0.3) is 0 Å². The average Bonchev–Trinajstić information content (AvgIpc) is 2.31. The van der Waals surface area contributed by atoms with E-state index in [1.54, 1.807) is 6.08 Å². The van der Waals surface area contributed by atoms with Crippen LogP contribution in [0, 0.1) is 0 Å². The molecule has 1 N–H and O–H groups in total. The number of nitrogens with one attached hydrogen (secondary N) is 1. The molecular weight excluding hydrogens is 186 g/mol. The molecule has 0 atom stereocenters. The maximum atomic E-state index is 11.8. The van der Waals surface area contributed by atoms with Crippen LogP contribution in [0.3, 0.4) is 0 Å². The van der Waals surface area contributed by atoms with Gasteiger partial charge >= 0.3 is 0 Å². The maximum Gasteiger partial charge on any atom is 0.187 e. The van der Waals surface area contributed by atoms with Crippen LogP contribution in [0.25, 0.3) is 0 Å². The van der Waals surface area contributed by atoms with Gasteiger partial charge in [-0.3, -0.25) is 4.79 Å². The highest BCUT2D eigenvalue weighted by molar-refractivity contribution is 6.04. The predicted octanol–water partition coefficient (Wildman–Crippen LogP) is 2.53. The summed E-state index contributed by atoms with van der Waals surface area (Å²) in [4.78, 5) is 11.8. The highest BCUT2D eigenvalue weighted by Crippen LogP contribution is 2.11. The standard InChI is InChI=1S/C13H15NO/c15-13(11-6-2-1-3-7-11)10-12-8-4-5-9-14-12/h1-3,6-7,10,14H,4-5,8-9H2/b12-10+. The maximum absolute atomic E-state index is 11.8. The molecule has 0 spiro atoms. The zero-order valence-electron chi connectivity index (χ0n) is 8.70. The van der Waals surface area contributed by atoms with Gasteiger partial charge in [0.15, 0.2) is 5.78 Å². The quantitative estimate of drug-likeness (QED) is 0.588. The van der Waals surface area contributed by atoms with Crippen molar-refractivity contribution in [2.75, 3.05) is 6.54 Å². The molecule has 1 fully saturated rings. The lowest BCUT2D eigenvalue weighted by Gasteiger charge is -2.16. The molecule has 2 rings (SSSR count). The summed E-state index contributed by atoms with van der Waals surface area (Å²) in [5.74, 6) is 0.0972. The van der Waals surface area contributed by atoms with Gasteiger partial charge in [-0.1, -0.05) is 30.3 Å². The summed E-state index contributed by atoms with van der Waals surface area (Å²) >= 11 is 0. The minimum Gasteiger partial charge on any atom is -0.388 e. The van der Waals surface area contributed by atoms with Gasteiger partial charge in [-0.15, -0.1) is 0 Å². The molecule has 1 heterocycles. The third-order valence-electron chi connectivity index (χ3n) is 2.59. The second-order valence-corrected chi connectivity index (χ2v) is 3.78. The van der Waals surface area contributed by atoms with Gasteiger partial charge in [-0.25, -0.2) is 0 Å². The molecule has 1 saturated heterocycles. The van der Waals surface area contributed by atoms with Gasteiger partial charge in [-0.05, 0) is 19.3 Å². The Morgan fingerprint density at radius 3 is 2.67 bits per heavy atom. The van der Waals surface area contributed by atoms with Gasteiger partial charge in [0, 0.05) is 23.9 Å². The van der Waals surface area contributed by atoms with Crippen molar-refractivity contribution in [3.05, 3.63) is 47.7 Å². The van der Waals surface area contributed by atoms with Gasteiger partial charge in [0.1, 0.15) is 0 Å². The second-order valence-electron chi connectivity index (χ2n) is 3.78. The molecule has 0 amide bonds. The summed E-state index contributed by atoms with van der Waals surface area (Å²) in [5.41, 5.74) is 1.84. The molecular formula is C13H15NO. The molecule has 78 valence electrons. The van der Waals surface area contributed by atoms with Crippen molar-refractivity contribution < 1.29 is 4.79 Å². The highest BCUT2D eigenvalue weighted by atomic mass is 16.1. The molecule has 2 heteroatoms. The zero-order valence-corrected chi connectivity index (χ0v) is 8.70. The van der Waals surface area contributed by atoms with Crippen LogP contribution in [0.5, 0.6) is 0 Å². The lowest BCUT2D eigenvalue weighted by Crippen LogP contribution is -2.20. The molecule has 2 nitrogen and oxygen atoms in total. The number of benzene rings is 1. The van der Waals surface area contributed by atoms with Crippen LogP contribution in [-0.2, 0) is 0 Å². The second kappa shape index (κ2) is 4.78. The minimum absolute atomic E-state index is 0.0972. The van der Waals surface area contributed by atoms with Crippen LogP contribution in [0.1, 0.15) is 29.6 Å². The SMILES string of the molecule is O=C(/C=C1\CCCCN1)c1ccccc1. The van der Waals surface area contributed by atoms with Crippen molar-refractivity contribution >= 4 is 5.78 Å². The Hall–Kier alpha value is -1.57. The van der Waals surface area contributed by atoms with E-state index in [1.165, 1.54) is 12.8 Å². The summed E-state index contributed by atoms with van der Waals surface area (Å²) in [6.07, 6.45) is 5.12. The molecule has 0 unspecified atom stereocenters. The fraction of sp³-hybridized carbons (Fsp3) is 0.308. The first-order valence-electron chi connectivity index (χ1n) is 5.40. The molecule has 15 heavy (non-hydrogen) atoms. The topological polar surface area (TPSA) is 29.1 Å². The molecule has 0 aromatic heterocycles. The van der Waals surface area contributed by atoms with Crippen LogP contribution < -0.4 is 5.32 Å². The van der Waals surface area contributed by atoms with E-state index >= 15 is 0 Å². The molecule has 1 aromatic rings. The van der Waals surface area contributed by atoms with E-state index in [1.807, 2.05) is 30.3 Å². The Labute approximate surface area is 90.0 Å². The molecule has 0 bridgehead atoms. The Morgan fingerprint density at radius 1 is 1.20 bits per heavy atom. The number of hydrogen-bond acceptors (Lipinski definition) is 2. The summed E-state index contributed by atoms with van der Waals surface area (Å²) in [6, 6.07) is 9.40. The van der Waals surface area contributed by atoms with Crippen LogP contribution in [-0.4, -0.2) is 12.3 Å². The van der Waals surface area contributed by atoms with Crippen LogP contribution in [0.2, 0.25) is 0 Å². The Balaban J connectivity index is 2.08. The third kappa shape index (κ3) is 2.69. The monoisotopic (exact) mass is 201 g/mol. The van der Waals surface area contributed by atoms with E-state index in [2.05, 4.69) is 5.32 Å². The number of hydrogen-bond donors (Lipinski definition) is 1. The number of ketones is 1. The predicted molar refractivity (Wildman–Crippen MR) is 60.7 cm³/mol. The lowest BCUT2D eigenvalue weighted by atomic mass is 10.1. The smallest absolute Gasteiger partial charge is 0.187 e. The number of carbonyl (C=O) groups excluding carboxylic acids is 1. The first-order chi connectivity index (χ1) is 7.36. The summed E-state index contributed by atoms with van der Waals surface area (Å²) in [5, 5.41) is 3.26. The first kappa shape index (κ1) is 9.97. The summed E-state index contributed by atoms with van der Waals surface area (Å²) in [7, 11) is 0. The molecule has 0 saturated carbocycles. The Kier molecular flexibility index (Phi) is 3.18. The van der Waals surface area contributed by atoms with E-state index in [0.717, 1.165) is 24.2 Å². The van der Waals surface area contributed by atoms with Crippen molar-refractivity contribution in [1.82, 2.24) is 5.32 Å². The van der Waals surface area contributed by atoms with Gasteiger partial charge < -0.3 is 5.32 Å². The normalized spacial score (nSPS) is 18.5. The van der Waals surface area contributed by atoms with Crippen LogP contribution >= 0.6 is 0 Å². The zero-order chi connectivity index (χ0) is 10.5. The summed E-state index contributed by atoms with van der Waals surface area (Å²) < 4.78 is 0. The van der Waals surface area contributed by atoms with E-state index in [-0.39, 0.29) is 5.78 Å². The number of piperidine rings is 1. The van der Waals surface area contributed by atoms with Gasteiger partial charge in [-0.2, -0.15) is 0 Å². The fourth-order valence-electron chi connectivity index (χ4n) is 1.74. The molecule has 0 aliphatic carbocycles. The summed E-state index contributed by atoms with van der Waals surface area (Å²) in [6.45, 7) is 0.994. The molecule has 0 radical (unpaired) electrons. The Bertz CT molecular complexity index is 359.